The van der Waals surface area contributed by atoms with Crippen molar-refractivity contribution in [2.24, 2.45) is 0 Å². The quantitative estimate of drug-likeness (QED) is 0.236. The first-order valence-electron chi connectivity index (χ1n) is 11.0. The Morgan fingerprint density at radius 3 is 1.52 bits per heavy atom. The van der Waals surface area contributed by atoms with Gasteiger partial charge in [0.15, 0.2) is 0 Å². The highest BCUT2D eigenvalue weighted by molar-refractivity contribution is 7.10. The van der Waals surface area contributed by atoms with Gasteiger partial charge in [-0.05, 0) is 24.8 Å². The number of rotatable bonds is 18. The first-order chi connectivity index (χ1) is 12.3. The second-order valence-corrected chi connectivity index (χ2v) is 8.61. The van der Waals surface area contributed by atoms with Crippen LogP contribution in [0.2, 0.25) is 0 Å². The van der Waals surface area contributed by atoms with E-state index in [2.05, 4.69) is 25.3 Å². The molecule has 0 fully saturated rings. The van der Waals surface area contributed by atoms with Crippen molar-refractivity contribution in [1.82, 2.24) is 0 Å². The fourth-order valence-corrected chi connectivity index (χ4v) is 3.99. The Balaban J connectivity index is 1.70. The molecule has 0 saturated carbocycles. The van der Waals surface area contributed by atoms with Gasteiger partial charge in [0.05, 0.1) is 6.61 Å². The lowest BCUT2D eigenvalue weighted by molar-refractivity contribution is 0.304. The Morgan fingerprint density at radius 1 is 0.680 bits per heavy atom. The molecule has 0 aliphatic heterocycles. The smallest absolute Gasteiger partial charge is 0.132 e. The van der Waals surface area contributed by atoms with Crippen LogP contribution in [0.5, 0.6) is 5.75 Å². The second-order valence-electron chi connectivity index (χ2n) is 7.49. The molecule has 1 aromatic rings. The molecule has 1 aromatic heterocycles. The van der Waals surface area contributed by atoms with E-state index in [-0.39, 0.29) is 0 Å². The van der Waals surface area contributed by atoms with Crippen LogP contribution in [0.4, 0.5) is 0 Å². The van der Waals surface area contributed by atoms with Crippen molar-refractivity contribution in [2.45, 2.75) is 117 Å². The van der Waals surface area contributed by atoms with Crippen molar-refractivity contribution in [3.8, 4) is 5.75 Å². The lowest BCUT2D eigenvalue weighted by atomic mass is 10.0. The van der Waals surface area contributed by atoms with E-state index in [1.165, 1.54) is 108 Å². The summed E-state index contributed by atoms with van der Waals surface area (Å²) in [6, 6.07) is 2.09. The summed E-state index contributed by atoms with van der Waals surface area (Å²) in [7, 11) is 0. The Bertz CT molecular complexity index is 385. The number of hydrogen-bond acceptors (Lipinski definition) is 2. The zero-order valence-corrected chi connectivity index (χ0v) is 17.8. The van der Waals surface area contributed by atoms with Crippen LogP contribution in [0.15, 0.2) is 11.4 Å². The third kappa shape index (κ3) is 13.4. The molecular formula is C23H42OS. The van der Waals surface area contributed by atoms with Crippen molar-refractivity contribution in [3.05, 3.63) is 16.3 Å². The van der Waals surface area contributed by atoms with Gasteiger partial charge < -0.3 is 4.74 Å². The summed E-state index contributed by atoms with van der Waals surface area (Å²) in [5.41, 5.74) is 0. The van der Waals surface area contributed by atoms with E-state index in [1.54, 1.807) is 11.3 Å². The van der Waals surface area contributed by atoms with Crippen LogP contribution < -0.4 is 4.74 Å². The summed E-state index contributed by atoms with van der Waals surface area (Å²) in [6.45, 7) is 5.31. The van der Waals surface area contributed by atoms with Crippen LogP contribution >= 0.6 is 11.3 Å². The van der Waals surface area contributed by atoms with Crippen molar-refractivity contribution in [1.29, 1.82) is 0 Å². The van der Waals surface area contributed by atoms with Crippen LogP contribution in [0.3, 0.4) is 0 Å². The highest BCUT2D eigenvalue weighted by atomic mass is 32.1. The lowest BCUT2D eigenvalue weighted by Crippen LogP contribution is -1.97. The molecule has 1 nitrogen and oxygen atoms in total. The summed E-state index contributed by atoms with van der Waals surface area (Å²) in [4.78, 5) is 1.30. The normalized spacial score (nSPS) is 11.1. The minimum atomic E-state index is 0.885. The van der Waals surface area contributed by atoms with Gasteiger partial charge in [-0.2, -0.15) is 0 Å². The molecule has 0 atom stereocenters. The number of hydrogen-bond donors (Lipinski definition) is 0. The van der Waals surface area contributed by atoms with Gasteiger partial charge in [-0.25, -0.2) is 0 Å². The fraction of sp³-hybridized carbons (Fsp3) is 0.826. The maximum absolute atomic E-state index is 5.81. The molecule has 0 spiro atoms. The van der Waals surface area contributed by atoms with Gasteiger partial charge in [0.1, 0.15) is 5.75 Å². The Morgan fingerprint density at radius 2 is 1.12 bits per heavy atom. The van der Waals surface area contributed by atoms with Crippen molar-refractivity contribution < 1.29 is 4.74 Å². The molecular weight excluding hydrogens is 324 g/mol. The first-order valence-corrected chi connectivity index (χ1v) is 11.9. The molecule has 0 aliphatic rings. The van der Waals surface area contributed by atoms with Crippen LogP contribution in [-0.4, -0.2) is 6.61 Å². The van der Waals surface area contributed by atoms with Gasteiger partial charge in [0.25, 0.3) is 0 Å². The Labute approximate surface area is 161 Å². The third-order valence-corrected chi connectivity index (χ3v) is 5.89. The molecule has 0 aromatic carbocycles. The summed E-state index contributed by atoms with van der Waals surface area (Å²) in [5.74, 6) is 1.09. The SMILES string of the molecule is CCCCCCCCCCCCCCCCCCOc1ccsc1C. The topological polar surface area (TPSA) is 9.23 Å². The summed E-state index contributed by atoms with van der Waals surface area (Å²) >= 11 is 1.77. The van der Waals surface area contributed by atoms with Gasteiger partial charge in [0, 0.05) is 4.88 Å². The average Bonchev–Trinajstić information content (AvgIpc) is 3.02. The zero-order valence-electron chi connectivity index (χ0n) is 17.0. The van der Waals surface area contributed by atoms with Gasteiger partial charge in [0.2, 0.25) is 0 Å². The predicted molar refractivity (Wildman–Crippen MR) is 114 cm³/mol. The van der Waals surface area contributed by atoms with Gasteiger partial charge in [-0.3, -0.25) is 0 Å². The molecule has 25 heavy (non-hydrogen) atoms. The summed E-state index contributed by atoms with van der Waals surface area (Å²) in [5, 5.41) is 2.11. The van der Waals surface area contributed by atoms with E-state index < -0.39 is 0 Å². The van der Waals surface area contributed by atoms with Crippen LogP contribution in [0.1, 0.15) is 115 Å². The lowest BCUT2D eigenvalue weighted by Gasteiger charge is -2.05. The molecule has 0 radical (unpaired) electrons. The van der Waals surface area contributed by atoms with Crippen LogP contribution in [0, 0.1) is 6.92 Å². The minimum absolute atomic E-state index is 0.885. The largest absolute Gasteiger partial charge is 0.492 e. The van der Waals surface area contributed by atoms with Gasteiger partial charge >= 0.3 is 0 Å². The number of aryl methyl sites for hydroxylation is 1. The van der Waals surface area contributed by atoms with Crippen molar-refractivity contribution in [3.63, 3.8) is 0 Å². The van der Waals surface area contributed by atoms with Crippen molar-refractivity contribution >= 4 is 11.3 Å². The molecule has 146 valence electrons. The van der Waals surface area contributed by atoms with Gasteiger partial charge in [-0.1, -0.05) is 103 Å². The van der Waals surface area contributed by atoms with E-state index in [0.717, 1.165) is 12.4 Å². The highest BCUT2D eigenvalue weighted by Gasteiger charge is 1.99. The molecule has 1 rings (SSSR count). The molecule has 0 unspecified atom stereocenters. The van der Waals surface area contributed by atoms with Gasteiger partial charge in [-0.15, -0.1) is 11.3 Å². The Kier molecular flexibility index (Phi) is 15.3. The number of unbranched alkanes of at least 4 members (excludes halogenated alkanes) is 15. The van der Waals surface area contributed by atoms with Crippen LogP contribution in [0.25, 0.3) is 0 Å². The molecule has 1 heterocycles. The second kappa shape index (κ2) is 16.9. The molecule has 0 saturated heterocycles. The predicted octanol–water partition coefficient (Wildman–Crippen LogP) is 8.70. The highest BCUT2D eigenvalue weighted by Crippen LogP contribution is 2.23. The Hall–Kier alpha value is -0.500. The molecule has 0 N–H and O–H groups in total. The third-order valence-electron chi connectivity index (χ3n) is 5.07. The van der Waals surface area contributed by atoms with E-state index in [9.17, 15) is 0 Å². The minimum Gasteiger partial charge on any atom is -0.492 e. The van der Waals surface area contributed by atoms with E-state index in [0.29, 0.717) is 0 Å². The fourth-order valence-electron chi connectivity index (χ4n) is 3.36. The average molecular weight is 367 g/mol. The maximum Gasteiger partial charge on any atom is 0.132 e. The maximum atomic E-state index is 5.81. The first kappa shape index (κ1) is 22.5. The standard InChI is InChI=1S/C23H42OS/c1-3-4-5-6-7-8-9-10-11-12-13-14-15-16-17-18-20-24-23-19-21-25-22(23)2/h19,21H,3-18,20H2,1-2H3. The molecule has 0 aliphatic carbocycles. The summed E-state index contributed by atoms with van der Waals surface area (Å²) < 4.78 is 5.81. The molecule has 2 heteroatoms. The van der Waals surface area contributed by atoms with Crippen LogP contribution in [-0.2, 0) is 0 Å². The monoisotopic (exact) mass is 366 g/mol. The number of ether oxygens (including phenoxy) is 1. The van der Waals surface area contributed by atoms with Crippen molar-refractivity contribution in [2.75, 3.05) is 6.61 Å². The van der Waals surface area contributed by atoms with E-state index in [4.69, 9.17) is 4.74 Å². The molecule has 0 bridgehead atoms. The molecule has 0 amide bonds. The van der Waals surface area contributed by atoms with E-state index in [1.807, 2.05) is 0 Å². The summed E-state index contributed by atoms with van der Waals surface area (Å²) in [6.07, 6.45) is 22.7. The zero-order chi connectivity index (χ0) is 18.0. The van der Waals surface area contributed by atoms with E-state index >= 15 is 0 Å². The number of thiophene rings is 1.